The second kappa shape index (κ2) is 19.7. The van der Waals surface area contributed by atoms with Gasteiger partial charge in [-0.2, -0.15) is 0 Å². The number of fused-ring (bicyclic) bond motifs is 1. The topological polar surface area (TPSA) is 212 Å². The molecule has 1 unspecified atom stereocenters. The number of carbonyl (C=O) groups is 1. The zero-order chi connectivity index (χ0) is 49.5. The van der Waals surface area contributed by atoms with E-state index in [1.807, 2.05) is 19.1 Å². The summed E-state index contributed by atoms with van der Waals surface area (Å²) in [5, 5.41) is 26.5. The highest BCUT2D eigenvalue weighted by atomic mass is 32.2. The second-order valence-corrected chi connectivity index (χ2v) is 22.5. The van der Waals surface area contributed by atoms with Gasteiger partial charge >= 0.3 is 0 Å². The fourth-order valence-electron chi connectivity index (χ4n) is 11.5. The molecule has 2 saturated carbocycles. The molecule has 3 aromatic carbocycles. The van der Waals surface area contributed by atoms with Crippen molar-refractivity contribution < 1.29 is 32.4 Å². The van der Waals surface area contributed by atoms with E-state index in [4.69, 9.17) is 9.15 Å². The maximum Gasteiger partial charge on any atom is 0.293 e. The predicted octanol–water partition coefficient (Wildman–Crippen LogP) is 9.15. The molecule has 0 radical (unpaired) electrons. The zero-order valence-corrected chi connectivity index (χ0v) is 41.4. The summed E-state index contributed by atoms with van der Waals surface area (Å²) in [6.45, 7) is 12.0. The molecule has 4 fully saturated rings. The van der Waals surface area contributed by atoms with Crippen molar-refractivity contribution in [2.45, 2.75) is 107 Å². The number of nitro benzene ring substituents is 1. The first-order chi connectivity index (χ1) is 34.1. The van der Waals surface area contributed by atoms with Crippen LogP contribution in [0.15, 0.2) is 107 Å². The molecule has 6 aromatic rings. The van der Waals surface area contributed by atoms with Crippen molar-refractivity contribution in [3.05, 3.63) is 130 Å². The number of hydrogen-bond donors (Lipinski definition) is 4. The zero-order valence-electron chi connectivity index (χ0n) is 40.6. The monoisotopic (exact) mass is 985 g/mol. The number of anilines is 2. The Morgan fingerprint density at radius 3 is 2.54 bits per heavy atom. The molecular weight excluding hydrogens is 923 g/mol. The molecule has 4 aliphatic rings. The Morgan fingerprint density at radius 1 is 1.00 bits per heavy atom. The van der Waals surface area contributed by atoms with Crippen molar-refractivity contribution in [3.63, 3.8) is 0 Å². The van der Waals surface area contributed by atoms with Crippen molar-refractivity contribution in [3.8, 4) is 11.5 Å². The van der Waals surface area contributed by atoms with Gasteiger partial charge in [-0.15, -0.1) is 0 Å². The van der Waals surface area contributed by atoms with Crippen LogP contribution in [-0.2, 0) is 16.6 Å². The highest BCUT2D eigenvalue weighted by molar-refractivity contribution is 7.90. The van der Waals surface area contributed by atoms with Crippen LogP contribution in [0.3, 0.4) is 0 Å². The summed E-state index contributed by atoms with van der Waals surface area (Å²) >= 11 is 0. The van der Waals surface area contributed by atoms with Gasteiger partial charge in [0.15, 0.2) is 6.39 Å². The van der Waals surface area contributed by atoms with Crippen LogP contribution in [0.2, 0.25) is 0 Å². The molecule has 3 aromatic heterocycles. The van der Waals surface area contributed by atoms with E-state index in [0.29, 0.717) is 42.7 Å². The fraction of sp³-hybridized carbons (Fsp3) is 0.453. The van der Waals surface area contributed by atoms with E-state index in [1.165, 1.54) is 35.9 Å². The first kappa shape index (κ1) is 48.3. The number of oxazole rings is 1. The van der Waals surface area contributed by atoms with Gasteiger partial charge in [0.1, 0.15) is 29.1 Å². The van der Waals surface area contributed by atoms with Gasteiger partial charge in [0.05, 0.1) is 32.9 Å². The predicted molar refractivity (Wildman–Crippen MR) is 270 cm³/mol. The van der Waals surface area contributed by atoms with Crippen LogP contribution in [0.5, 0.6) is 11.5 Å². The van der Waals surface area contributed by atoms with Crippen LogP contribution >= 0.6 is 0 Å². The number of piperidine rings is 1. The van der Waals surface area contributed by atoms with E-state index in [1.54, 1.807) is 30.7 Å². The van der Waals surface area contributed by atoms with Crippen molar-refractivity contribution in [1.82, 2.24) is 29.5 Å². The first-order valence-corrected chi connectivity index (χ1v) is 26.4. The molecule has 17 nitrogen and oxygen atoms in total. The normalized spacial score (nSPS) is 22.1. The lowest BCUT2D eigenvalue weighted by molar-refractivity contribution is -0.384. The molecule has 1 amide bonds. The molecule has 1 spiro atoms. The number of piperazine rings is 1. The third-order valence-electron chi connectivity index (χ3n) is 15.6. The smallest absolute Gasteiger partial charge is 0.293 e. The van der Waals surface area contributed by atoms with Crippen LogP contribution in [-0.4, -0.2) is 100 Å². The number of nitro groups is 1. The average Bonchev–Trinajstić information content (AvgIpc) is 4.05. The molecular formula is C53H63N9O8S. The molecule has 0 bridgehead atoms. The number of aromatic amines is 1. The van der Waals surface area contributed by atoms with Gasteiger partial charge in [-0.3, -0.25) is 24.7 Å². The Kier molecular flexibility index (Phi) is 13.4. The van der Waals surface area contributed by atoms with E-state index in [2.05, 4.69) is 77.8 Å². The van der Waals surface area contributed by atoms with Gasteiger partial charge in [0, 0.05) is 87.3 Å². The molecule has 10 rings (SSSR count). The largest absolute Gasteiger partial charge is 0.455 e. The third kappa shape index (κ3) is 10.5. The lowest BCUT2D eigenvalue weighted by Crippen LogP contribution is -2.60. The summed E-state index contributed by atoms with van der Waals surface area (Å²) in [5.41, 5.74) is 4.49. The number of hydrogen-bond acceptors (Lipinski definition) is 14. The second-order valence-electron chi connectivity index (χ2n) is 20.9. The van der Waals surface area contributed by atoms with Crippen molar-refractivity contribution in [2.24, 2.45) is 11.3 Å². The number of carbonyl (C=O) groups excluding carboxylic acids is 1. The van der Waals surface area contributed by atoms with Gasteiger partial charge < -0.3 is 29.5 Å². The lowest BCUT2D eigenvalue weighted by atomic mass is 9.59. The van der Waals surface area contributed by atoms with Gasteiger partial charge in [0.25, 0.3) is 21.6 Å². The van der Waals surface area contributed by atoms with Crippen LogP contribution in [0.4, 0.5) is 17.1 Å². The number of nitrogens with zero attached hydrogens (tertiary/aromatic N) is 6. The number of nitrogens with one attached hydrogen (secondary N) is 3. The summed E-state index contributed by atoms with van der Waals surface area (Å²) < 4.78 is 41.5. The van der Waals surface area contributed by atoms with Gasteiger partial charge in [-0.25, -0.2) is 23.1 Å². The van der Waals surface area contributed by atoms with Crippen molar-refractivity contribution in [1.29, 1.82) is 0 Å². The van der Waals surface area contributed by atoms with Crippen LogP contribution in [0.1, 0.15) is 111 Å². The quantitative estimate of drug-likeness (QED) is 0.0558. The summed E-state index contributed by atoms with van der Waals surface area (Å²) in [4.78, 5) is 44.7. The van der Waals surface area contributed by atoms with E-state index in [0.717, 1.165) is 101 Å². The SMILES string of the molecule is CC(C)c1ccccc1C1CN(Cc2cocn2)CCN1C1CC2(CCN(c3ccc(C(=O)NS(=O)(=O)c4ccc(NCC5CCC(C)(O)CC5)c([N+](=O)[O-])c4)c(Oc4cnc5[nH]ccc5c4)c3)CC2)C1. The number of ether oxygens (including phenoxy) is 1. The molecule has 71 heavy (non-hydrogen) atoms. The van der Waals surface area contributed by atoms with E-state index >= 15 is 0 Å². The maximum atomic E-state index is 14.1. The number of H-pyrrole nitrogens is 1. The number of pyridine rings is 1. The molecule has 2 aliphatic heterocycles. The van der Waals surface area contributed by atoms with E-state index < -0.39 is 37.0 Å². The molecule has 4 N–H and O–H groups in total. The summed E-state index contributed by atoms with van der Waals surface area (Å²) in [6, 6.07) is 22.0. The molecule has 18 heteroatoms. The number of amides is 1. The summed E-state index contributed by atoms with van der Waals surface area (Å²) in [6.07, 6.45) is 13.6. The lowest BCUT2D eigenvalue weighted by Gasteiger charge is -2.58. The molecule has 2 aliphatic carbocycles. The Hall–Kier alpha value is -6.34. The van der Waals surface area contributed by atoms with Gasteiger partial charge in [-0.1, -0.05) is 38.1 Å². The van der Waals surface area contributed by atoms with Crippen LogP contribution in [0.25, 0.3) is 11.0 Å². The van der Waals surface area contributed by atoms with Crippen molar-refractivity contribution in [2.75, 3.05) is 49.5 Å². The number of rotatable bonds is 15. The highest BCUT2D eigenvalue weighted by Gasteiger charge is 2.50. The minimum absolute atomic E-state index is 0.0317. The Bertz CT molecular complexity index is 2990. The van der Waals surface area contributed by atoms with E-state index in [9.17, 15) is 28.4 Å². The summed E-state index contributed by atoms with van der Waals surface area (Å²) in [7, 11) is -4.59. The minimum Gasteiger partial charge on any atom is -0.455 e. The molecule has 374 valence electrons. The van der Waals surface area contributed by atoms with E-state index in [-0.39, 0.29) is 34.4 Å². The first-order valence-electron chi connectivity index (χ1n) is 24.9. The number of aromatic nitrogens is 3. The highest BCUT2D eigenvalue weighted by Crippen LogP contribution is 2.53. The third-order valence-corrected chi connectivity index (χ3v) is 17.0. The summed E-state index contributed by atoms with van der Waals surface area (Å²) in [5.74, 6) is 0.155. The van der Waals surface area contributed by atoms with Crippen LogP contribution in [0, 0.1) is 21.4 Å². The van der Waals surface area contributed by atoms with Crippen molar-refractivity contribution >= 4 is 44.0 Å². The van der Waals surface area contributed by atoms with Gasteiger partial charge in [0.2, 0.25) is 0 Å². The Morgan fingerprint density at radius 2 is 1.79 bits per heavy atom. The fourth-order valence-corrected chi connectivity index (χ4v) is 12.5. The molecule has 1 atom stereocenters. The minimum atomic E-state index is -4.59. The molecule has 5 heterocycles. The standard InChI is InChI=1S/C53H63N9O8S/c1-35(2)43-6-4-5-7-44(43)48-32-59(31-38-33-69-34-57-38)22-23-61(48)40-27-53(28-40)17-20-60(21-18-53)39-8-10-45(49(25-39)70-41-24-37-14-19-54-50(37)56-30-41)51(63)58-71(67,68)42-9-11-46(47(26-42)62(65)66)55-29-36-12-15-52(3,64)16-13-36/h4-11,14,19,24-26,30,33-36,40,48,55,64H,12-13,15-18,20-23,27-29,31-32H2,1-3H3,(H,54,56)(H,58,63). The average molecular weight is 986 g/mol. The number of sulfonamides is 1. The molecule has 2 saturated heterocycles. The number of aliphatic hydroxyl groups is 1. The van der Waals surface area contributed by atoms with Gasteiger partial charge in [-0.05, 0) is 123 Å². The number of benzene rings is 3. The Labute approximate surface area is 414 Å². The van der Waals surface area contributed by atoms with Crippen LogP contribution < -0.4 is 19.7 Å². The Balaban J connectivity index is 0.834. The maximum absolute atomic E-state index is 14.1.